The Labute approximate surface area is 89.3 Å². The Bertz CT molecular complexity index is 246. The molecule has 1 fully saturated rings. The van der Waals surface area contributed by atoms with Gasteiger partial charge in [-0.2, -0.15) is 0 Å². The molecule has 0 spiro atoms. The second kappa shape index (κ2) is 3.96. The quantitative estimate of drug-likeness (QED) is 0.751. The molecule has 0 bridgehead atoms. The van der Waals surface area contributed by atoms with Crippen LogP contribution in [0.3, 0.4) is 0 Å². The number of carbonyl (C=O) groups is 1. The molecule has 0 radical (unpaired) electrons. The highest BCUT2D eigenvalue weighted by Gasteiger charge is 2.47. The third kappa shape index (κ3) is 3.66. The minimum atomic E-state index is -0.657. The summed E-state index contributed by atoms with van der Waals surface area (Å²) in [4.78, 5) is 11.3. The predicted octanol–water partition coefficient (Wildman–Crippen LogP) is 1.34. The molecule has 0 aromatic rings. The molecule has 5 heteroatoms. The predicted molar refractivity (Wildman–Crippen MR) is 55.3 cm³/mol. The average molecular weight is 218 g/mol. The number of hydrogen-bond donors (Lipinski definition) is 2. The second-order valence-electron chi connectivity index (χ2n) is 5.09. The van der Waals surface area contributed by atoms with Crippen molar-refractivity contribution in [3.63, 3.8) is 0 Å². The van der Waals surface area contributed by atoms with E-state index in [1.807, 2.05) is 0 Å². The van der Waals surface area contributed by atoms with Gasteiger partial charge in [-0.15, -0.1) is 0 Å². The molecule has 4 nitrogen and oxygen atoms in total. The number of nitrogens with one attached hydrogen (secondary N) is 1. The minimum Gasteiger partial charge on any atom is -0.444 e. The van der Waals surface area contributed by atoms with Crippen molar-refractivity contribution in [2.24, 2.45) is 5.73 Å². The van der Waals surface area contributed by atoms with Crippen LogP contribution in [0.4, 0.5) is 9.18 Å². The maximum absolute atomic E-state index is 12.6. The summed E-state index contributed by atoms with van der Waals surface area (Å²) in [7, 11) is 0. The zero-order valence-corrected chi connectivity index (χ0v) is 9.47. The first-order chi connectivity index (χ1) is 6.77. The van der Waals surface area contributed by atoms with Crippen molar-refractivity contribution >= 4 is 6.09 Å². The van der Waals surface area contributed by atoms with Crippen molar-refractivity contribution in [2.75, 3.05) is 6.67 Å². The van der Waals surface area contributed by atoms with E-state index >= 15 is 0 Å². The van der Waals surface area contributed by atoms with Gasteiger partial charge in [-0.1, -0.05) is 0 Å². The molecule has 1 rings (SSSR count). The summed E-state index contributed by atoms with van der Waals surface area (Å²) in [5.41, 5.74) is 4.67. The fraction of sp³-hybridized carbons (Fsp3) is 0.900. The lowest BCUT2D eigenvalue weighted by molar-refractivity contribution is 0.0483. The van der Waals surface area contributed by atoms with E-state index in [0.29, 0.717) is 0 Å². The second-order valence-corrected chi connectivity index (χ2v) is 5.09. The molecule has 1 saturated carbocycles. The van der Waals surface area contributed by atoms with Gasteiger partial charge in [0, 0.05) is 5.54 Å². The number of ether oxygens (including phenoxy) is 1. The van der Waals surface area contributed by atoms with Crippen molar-refractivity contribution in [3.05, 3.63) is 0 Å². The Morgan fingerprint density at radius 3 is 2.47 bits per heavy atom. The number of alkyl carbamates (subject to hydrolysis) is 1. The highest BCUT2D eigenvalue weighted by Crippen LogP contribution is 2.35. The fourth-order valence-corrected chi connectivity index (χ4v) is 1.28. The van der Waals surface area contributed by atoms with Gasteiger partial charge >= 0.3 is 6.09 Å². The molecule has 1 unspecified atom stereocenters. The lowest BCUT2D eigenvalue weighted by atomic mass is 10.1. The Morgan fingerprint density at radius 1 is 1.60 bits per heavy atom. The van der Waals surface area contributed by atoms with Crippen LogP contribution in [0.1, 0.15) is 33.6 Å². The van der Waals surface area contributed by atoms with Crippen molar-refractivity contribution in [1.29, 1.82) is 0 Å². The Hall–Kier alpha value is -0.840. The van der Waals surface area contributed by atoms with E-state index in [9.17, 15) is 9.18 Å². The van der Waals surface area contributed by atoms with Crippen LogP contribution in [-0.2, 0) is 4.74 Å². The number of amides is 1. The van der Waals surface area contributed by atoms with Gasteiger partial charge in [0.05, 0.1) is 6.04 Å². The van der Waals surface area contributed by atoms with E-state index in [4.69, 9.17) is 10.5 Å². The third-order valence-electron chi connectivity index (χ3n) is 2.37. The van der Waals surface area contributed by atoms with Gasteiger partial charge < -0.3 is 15.8 Å². The lowest BCUT2D eigenvalue weighted by Crippen LogP contribution is -2.52. The number of rotatable bonds is 3. The van der Waals surface area contributed by atoms with Crippen molar-refractivity contribution in [1.82, 2.24) is 5.32 Å². The maximum atomic E-state index is 12.6. The monoisotopic (exact) mass is 218 g/mol. The molecule has 0 aromatic heterocycles. The molecule has 0 aliphatic heterocycles. The highest BCUT2D eigenvalue weighted by atomic mass is 19.1. The van der Waals surface area contributed by atoms with Crippen LogP contribution in [0.25, 0.3) is 0 Å². The van der Waals surface area contributed by atoms with E-state index in [0.717, 1.165) is 12.8 Å². The number of alkyl halides is 1. The summed E-state index contributed by atoms with van der Waals surface area (Å²) in [6.07, 6.45) is 0.885. The van der Waals surface area contributed by atoms with Gasteiger partial charge in [0.2, 0.25) is 0 Å². The zero-order chi connectivity index (χ0) is 11.7. The number of hydrogen-bond acceptors (Lipinski definition) is 3. The van der Waals surface area contributed by atoms with Gasteiger partial charge in [-0.3, -0.25) is 0 Å². The van der Waals surface area contributed by atoms with Crippen LogP contribution < -0.4 is 11.1 Å². The van der Waals surface area contributed by atoms with E-state index < -0.39 is 29.9 Å². The molecule has 1 aliphatic carbocycles. The molecule has 0 heterocycles. The van der Waals surface area contributed by atoms with Crippen LogP contribution >= 0.6 is 0 Å². The SMILES string of the molecule is CC(C)(C)OC(=O)NC(CF)C1(N)CC1. The minimum absolute atomic E-state index is 0.564. The van der Waals surface area contributed by atoms with Crippen LogP contribution in [0.2, 0.25) is 0 Å². The normalized spacial score (nSPS) is 20.6. The molecule has 1 amide bonds. The average Bonchev–Trinajstić information content (AvgIpc) is 2.77. The highest BCUT2D eigenvalue weighted by molar-refractivity contribution is 5.68. The molecule has 0 aromatic carbocycles. The van der Waals surface area contributed by atoms with Gasteiger partial charge in [0.25, 0.3) is 0 Å². The molecular weight excluding hydrogens is 199 g/mol. The summed E-state index contributed by atoms with van der Waals surface area (Å²) >= 11 is 0. The molecule has 1 aliphatic rings. The molecule has 3 N–H and O–H groups in total. The zero-order valence-electron chi connectivity index (χ0n) is 9.47. The summed E-state index contributed by atoms with van der Waals surface area (Å²) in [6, 6.07) is -0.632. The van der Waals surface area contributed by atoms with Crippen LogP contribution in [0, 0.1) is 0 Å². The van der Waals surface area contributed by atoms with Crippen LogP contribution in [-0.4, -0.2) is 29.9 Å². The molecule has 0 saturated heterocycles. The third-order valence-corrected chi connectivity index (χ3v) is 2.37. The first-order valence-corrected chi connectivity index (χ1v) is 5.11. The van der Waals surface area contributed by atoms with Crippen molar-refractivity contribution in [2.45, 2.75) is 50.8 Å². The number of carbonyl (C=O) groups excluding carboxylic acids is 1. The molecule has 15 heavy (non-hydrogen) atoms. The van der Waals surface area contributed by atoms with Crippen molar-refractivity contribution in [3.8, 4) is 0 Å². The van der Waals surface area contributed by atoms with E-state index in [1.54, 1.807) is 20.8 Å². The Morgan fingerprint density at radius 2 is 2.13 bits per heavy atom. The molecule has 88 valence electrons. The van der Waals surface area contributed by atoms with Gasteiger partial charge in [-0.25, -0.2) is 9.18 Å². The van der Waals surface area contributed by atoms with Crippen LogP contribution in [0.15, 0.2) is 0 Å². The first kappa shape index (κ1) is 12.2. The summed E-state index contributed by atoms with van der Waals surface area (Å²) in [5, 5.41) is 2.46. The van der Waals surface area contributed by atoms with Gasteiger partial charge in [0.15, 0.2) is 0 Å². The molecular formula is C10H19FN2O2. The number of nitrogens with two attached hydrogens (primary N) is 1. The van der Waals surface area contributed by atoms with Crippen molar-refractivity contribution < 1.29 is 13.9 Å². The van der Waals surface area contributed by atoms with Gasteiger partial charge in [-0.05, 0) is 33.6 Å². The first-order valence-electron chi connectivity index (χ1n) is 5.11. The fourth-order valence-electron chi connectivity index (χ4n) is 1.28. The topological polar surface area (TPSA) is 64.3 Å². The summed E-state index contributed by atoms with van der Waals surface area (Å²) in [6.45, 7) is 4.61. The maximum Gasteiger partial charge on any atom is 0.408 e. The Kier molecular flexibility index (Phi) is 3.23. The van der Waals surface area contributed by atoms with E-state index in [-0.39, 0.29) is 0 Å². The molecule has 1 atom stereocenters. The standard InChI is InChI=1S/C10H19FN2O2/c1-9(2,3)15-8(14)13-7(6-11)10(12)4-5-10/h7H,4-6,12H2,1-3H3,(H,13,14). The summed E-state index contributed by atoms with van der Waals surface area (Å²) in [5.74, 6) is 0. The smallest absolute Gasteiger partial charge is 0.408 e. The van der Waals surface area contributed by atoms with Crippen LogP contribution in [0.5, 0.6) is 0 Å². The Balaban J connectivity index is 2.42. The van der Waals surface area contributed by atoms with E-state index in [1.165, 1.54) is 0 Å². The van der Waals surface area contributed by atoms with Gasteiger partial charge in [0.1, 0.15) is 12.3 Å². The van der Waals surface area contributed by atoms with E-state index in [2.05, 4.69) is 5.32 Å². The summed E-state index contributed by atoms with van der Waals surface area (Å²) < 4.78 is 17.7. The number of halogens is 1. The largest absolute Gasteiger partial charge is 0.444 e. The lowest BCUT2D eigenvalue weighted by Gasteiger charge is -2.25.